The van der Waals surface area contributed by atoms with E-state index in [1.807, 2.05) is 34.2 Å². The molecular weight excluding hydrogens is 433 g/mol. The monoisotopic (exact) mass is 447 g/mol. The number of oxime groups is 1. The van der Waals surface area contributed by atoms with E-state index in [9.17, 15) is 0 Å². The number of hydrogen-bond acceptors (Lipinski definition) is 5. The first-order chi connectivity index (χ1) is 13.7. The first-order valence-corrected chi connectivity index (χ1v) is 11.0. The highest BCUT2D eigenvalue weighted by molar-refractivity contribution is 7.98. The molecule has 2 aromatic carbocycles. The highest BCUT2D eigenvalue weighted by Gasteiger charge is 2.13. The zero-order valence-electron chi connectivity index (χ0n) is 14.6. The van der Waals surface area contributed by atoms with Crippen molar-refractivity contribution in [3.63, 3.8) is 0 Å². The van der Waals surface area contributed by atoms with Crippen LogP contribution in [0.5, 0.6) is 0 Å². The summed E-state index contributed by atoms with van der Waals surface area (Å²) in [5.74, 6) is 0.836. The van der Waals surface area contributed by atoms with Gasteiger partial charge in [0, 0.05) is 32.9 Å². The molecule has 0 aliphatic carbocycles. The molecule has 0 spiro atoms. The molecule has 0 amide bonds. The molecule has 0 aliphatic rings. The highest BCUT2D eigenvalue weighted by atomic mass is 35.5. The lowest BCUT2D eigenvalue weighted by Gasteiger charge is -2.05. The molecule has 0 N–H and O–H groups in total. The van der Waals surface area contributed by atoms with Crippen LogP contribution in [0.4, 0.5) is 0 Å². The lowest BCUT2D eigenvalue weighted by Crippen LogP contribution is -1.94. The lowest BCUT2D eigenvalue weighted by molar-refractivity contribution is 0.132. The molecule has 4 nitrogen and oxygen atoms in total. The van der Waals surface area contributed by atoms with Crippen LogP contribution in [0.1, 0.15) is 16.8 Å². The number of aromatic nitrogens is 2. The van der Waals surface area contributed by atoms with E-state index < -0.39 is 0 Å². The lowest BCUT2D eigenvalue weighted by atomic mass is 10.2. The van der Waals surface area contributed by atoms with Gasteiger partial charge in [0.25, 0.3) is 0 Å². The van der Waals surface area contributed by atoms with E-state index in [0.717, 1.165) is 27.0 Å². The molecule has 28 heavy (non-hydrogen) atoms. The zero-order valence-corrected chi connectivity index (χ0v) is 17.7. The van der Waals surface area contributed by atoms with Gasteiger partial charge in [0.1, 0.15) is 17.3 Å². The van der Waals surface area contributed by atoms with Crippen LogP contribution in [-0.4, -0.2) is 15.6 Å². The molecule has 0 unspecified atom stereocenters. The number of hydrogen-bond donors (Lipinski definition) is 0. The van der Waals surface area contributed by atoms with Gasteiger partial charge in [-0.05, 0) is 17.7 Å². The zero-order chi connectivity index (χ0) is 19.3. The number of fused-ring (bicyclic) bond motifs is 1. The fraction of sp³-hybridized carbons (Fsp3) is 0.100. The van der Waals surface area contributed by atoms with Crippen LogP contribution < -0.4 is 0 Å². The van der Waals surface area contributed by atoms with Crippen LogP contribution in [0.3, 0.4) is 0 Å². The van der Waals surface area contributed by atoms with Crippen LogP contribution >= 0.6 is 46.3 Å². The van der Waals surface area contributed by atoms with Gasteiger partial charge in [0.2, 0.25) is 0 Å². The summed E-state index contributed by atoms with van der Waals surface area (Å²) in [5, 5.41) is 8.16. The molecule has 8 heteroatoms. The van der Waals surface area contributed by atoms with Crippen LogP contribution in [0.25, 0.3) is 4.96 Å². The van der Waals surface area contributed by atoms with Gasteiger partial charge in [-0.15, -0.1) is 11.3 Å². The number of halogens is 2. The number of benzene rings is 2. The Labute approximate surface area is 180 Å². The van der Waals surface area contributed by atoms with Crippen molar-refractivity contribution in [2.24, 2.45) is 5.16 Å². The molecule has 0 aliphatic heterocycles. The van der Waals surface area contributed by atoms with Crippen LogP contribution in [0.2, 0.25) is 10.0 Å². The van der Waals surface area contributed by atoms with Gasteiger partial charge in [0.05, 0.1) is 6.21 Å². The molecule has 0 bridgehead atoms. The molecule has 4 rings (SSSR count). The van der Waals surface area contributed by atoms with Gasteiger partial charge < -0.3 is 4.84 Å². The molecule has 4 aromatic rings. The summed E-state index contributed by atoms with van der Waals surface area (Å²) < 4.78 is 2.01. The van der Waals surface area contributed by atoms with E-state index in [0.29, 0.717) is 10.0 Å². The normalized spacial score (nSPS) is 11.5. The molecule has 2 aromatic heterocycles. The van der Waals surface area contributed by atoms with Gasteiger partial charge in [-0.2, -0.15) is 0 Å². The van der Waals surface area contributed by atoms with Crippen molar-refractivity contribution in [2.75, 3.05) is 0 Å². The van der Waals surface area contributed by atoms with Gasteiger partial charge in [-0.25, -0.2) is 4.98 Å². The van der Waals surface area contributed by atoms with Crippen molar-refractivity contribution < 1.29 is 4.84 Å². The van der Waals surface area contributed by atoms with Crippen LogP contribution in [-0.2, 0) is 17.2 Å². The summed E-state index contributed by atoms with van der Waals surface area (Å²) >= 11 is 15.6. The molecule has 2 heterocycles. The topological polar surface area (TPSA) is 38.9 Å². The van der Waals surface area contributed by atoms with Gasteiger partial charge in [0.15, 0.2) is 4.96 Å². The van der Waals surface area contributed by atoms with E-state index in [-0.39, 0.29) is 6.61 Å². The van der Waals surface area contributed by atoms with Gasteiger partial charge >= 0.3 is 0 Å². The van der Waals surface area contributed by atoms with Crippen molar-refractivity contribution in [2.45, 2.75) is 17.4 Å². The van der Waals surface area contributed by atoms with E-state index in [2.05, 4.69) is 17.3 Å². The fourth-order valence-corrected chi connectivity index (χ4v) is 4.82. The standard InChI is InChI=1S/C20H15Cl2N3OS2/c21-16-7-4-8-17(22)15(16)12-26-23-11-18-19(24-20-25(18)9-10-27-20)28-13-14-5-2-1-3-6-14/h1-11H,12-13H2. The van der Waals surface area contributed by atoms with Crippen molar-refractivity contribution in [1.82, 2.24) is 9.38 Å². The average molecular weight is 448 g/mol. The molecule has 0 saturated carbocycles. The first kappa shape index (κ1) is 19.3. The van der Waals surface area contributed by atoms with Gasteiger partial charge in [-0.3, -0.25) is 4.40 Å². The van der Waals surface area contributed by atoms with E-state index in [1.165, 1.54) is 5.56 Å². The molecule has 0 saturated heterocycles. The number of imidazole rings is 1. The molecule has 142 valence electrons. The number of rotatable bonds is 7. The van der Waals surface area contributed by atoms with Gasteiger partial charge in [-0.1, -0.05) is 76.5 Å². The second kappa shape index (κ2) is 9.01. The predicted molar refractivity (Wildman–Crippen MR) is 118 cm³/mol. The van der Waals surface area contributed by atoms with E-state index in [4.69, 9.17) is 33.0 Å². The van der Waals surface area contributed by atoms with Crippen LogP contribution in [0, 0.1) is 0 Å². The Balaban J connectivity index is 1.49. The molecule has 0 atom stereocenters. The largest absolute Gasteiger partial charge is 0.391 e. The Morgan fingerprint density at radius 2 is 1.89 bits per heavy atom. The van der Waals surface area contributed by atoms with Crippen LogP contribution in [0.15, 0.2) is 70.3 Å². The Hall–Kier alpha value is -1.99. The maximum atomic E-state index is 6.16. The Kier molecular flexibility index (Phi) is 6.22. The maximum Gasteiger partial charge on any atom is 0.195 e. The third kappa shape index (κ3) is 4.36. The Bertz CT molecular complexity index is 1090. The minimum atomic E-state index is 0.201. The highest BCUT2D eigenvalue weighted by Crippen LogP contribution is 2.28. The molecule has 0 radical (unpaired) electrons. The Morgan fingerprint density at radius 3 is 2.68 bits per heavy atom. The van der Waals surface area contributed by atoms with E-state index >= 15 is 0 Å². The second-order valence-electron chi connectivity index (χ2n) is 5.84. The smallest absolute Gasteiger partial charge is 0.195 e. The summed E-state index contributed by atoms with van der Waals surface area (Å²) in [4.78, 5) is 11.1. The minimum Gasteiger partial charge on any atom is -0.391 e. The van der Waals surface area contributed by atoms with Crippen molar-refractivity contribution >= 4 is 57.5 Å². The summed E-state index contributed by atoms with van der Waals surface area (Å²) in [6.07, 6.45) is 3.66. The van der Waals surface area contributed by atoms with Crippen molar-refractivity contribution in [3.8, 4) is 0 Å². The average Bonchev–Trinajstić information content (AvgIpc) is 3.28. The second-order valence-corrected chi connectivity index (χ2v) is 8.49. The Morgan fingerprint density at radius 1 is 1.11 bits per heavy atom. The summed E-state index contributed by atoms with van der Waals surface area (Å²) in [6.45, 7) is 0.201. The summed E-state index contributed by atoms with van der Waals surface area (Å²) in [6, 6.07) is 15.7. The summed E-state index contributed by atoms with van der Waals surface area (Å²) in [5.41, 5.74) is 2.86. The SMILES string of the molecule is Clc1cccc(Cl)c1CON=Cc1c(SCc2ccccc2)nc2sccn12. The fourth-order valence-electron chi connectivity index (χ4n) is 2.59. The number of thioether (sulfide) groups is 1. The number of thiazole rings is 1. The van der Waals surface area contributed by atoms with E-state index in [1.54, 1.807) is 47.5 Å². The third-order valence-electron chi connectivity index (χ3n) is 4.00. The summed E-state index contributed by atoms with van der Waals surface area (Å²) in [7, 11) is 0. The molecular formula is C20H15Cl2N3OS2. The quantitative estimate of drug-likeness (QED) is 0.183. The maximum absolute atomic E-state index is 6.16. The number of nitrogens with zero attached hydrogens (tertiary/aromatic N) is 3. The molecule has 0 fully saturated rings. The van der Waals surface area contributed by atoms with Crippen molar-refractivity contribution in [3.05, 3.63) is 87.0 Å². The van der Waals surface area contributed by atoms with Crippen molar-refractivity contribution in [1.29, 1.82) is 0 Å². The third-order valence-corrected chi connectivity index (χ3v) is 6.52. The predicted octanol–water partition coefficient (Wildman–Crippen LogP) is 6.55. The first-order valence-electron chi connectivity index (χ1n) is 8.43. The minimum absolute atomic E-state index is 0.201.